The minimum absolute atomic E-state index is 0.0716. The molecule has 19 heavy (non-hydrogen) atoms. The maximum atomic E-state index is 12.0. The van der Waals surface area contributed by atoms with E-state index in [9.17, 15) is 4.79 Å². The number of nitrogens with one attached hydrogen (secondary N) is 1. The van der Waals surface area contributed by atoms with Crippen molar-refractivity contribution in [2.24, 2.45) is 0 Å². The predicted molar refractivity (Wildman–Crippen MR) is 83.9 cm³/mol. The quantitative estimate of drug-likeness (QED) is 0.709. The van der Waals surface area contributed by atoms with Crippen LogP contribution in [0.4, 0.5) is 5.69 Å². The van der Waals surface area contributed by atoms with Crippen molar-refractivity contribution < 1.29 is 4.79 Å². The van der Waals surface area contributed by atoms with Crippen LogP contribution in [-0.2, 0) is 0 Å². The molecule has 0 saturated heterocycles. The Morgan fingerprint density at radius 3 is 2.63 bits per heavy atom. The number of halogens is 1. The first-order valence-corrected chi connectivity index (χ1v) is 7.49. The molecule has 1 heterocycles. The normalized spacial score (nSPS) is 10.6. The Bertz CT molecular complexity index is 737. The van der Waals surface area contributed by atoms with Crippen LogP contribution < -0.4 is 5.32 Å². The van der Waals surface area contributed by atoms with E-state index in [1.165, 1.54) is 11.3 Å². The van der Waals surface area contributed by atoms with E-state index in [2.05, 4.69) is 27.3 Å². The summed E-state index contributed by atoms with van der Waals surface area (Å²) in [5, 5.41) is 8.89. The summed E-state index contributed by atoms with van der Waals surface area (Å²) in [6.45, 7) is 0. The summed E-state index contributed by atoms with van der Waals surface area (Å²) in [6.07, 6.45) is 0. The Morgan fingerprint density at radius 1 is 1.05 bits per heavy atom. The fourth-order valence-corrected chi connectivity index (χ4v) is 2.91. The molecule has 94 valence electrons. The molecule has 1 amide bonds. The van der Waals surface area contributed by atoms with Gasteiger partial charge in [-0.1, -0.05) is 28.1 Å². The number of fused-ring (bicyclic) bond motifs is 1. The second-order valence-corrected chi connectivity index (χ2v) is 5.87. The van der Waals surface area contributed by atoms with Crippen molar-refractivity contribution in [3.63, 3.8) is 0 Å². The molecule has 0 atom stereocenters. The van der Waals surface area contributed by atoms with Crippen molar-refractivity contribution >= 4 is 49.6 Å². The molecule has 0 aliphatic carbocycles. The van der Waals surface area contributed by atoms with Crippen molar-refractivity contribution in [2.75, 3.05) is 5.32 Å². The molecule has 0 bridgehead atoms. The van der Waals surface area contributed by atoms with Crippen LogP contribution in [-0.4, -0.2) is 5.91 Å². The van der Waals surface area contributed by atoms with Gasteiger partial charge in [0.15, 0.2) is 0 Å². The molecule has 0 saturated carbocycles. The highest BCUT2D eigenvalue weighted by Gasteiger charge is 2.06. The Balaban J connectivity index is 1.89. The summed E-state index contributed by atoms with van der Waals surface area (Å²) in [7, 11) is 0. The minimum Gasteiger partial charge on any atom is -0.322 e. The fraction of sp³-hybridized carbons (Fsp3) is 0. The molecule has 0 radical (unpaired) electrons. The second-order valence-electron chi connectivity index (χ2n) is 4.17. The highest BCUT2D eigenvalue weighted by molar-refractivity contribution is 9.10. The SMILES string of the molecule is O=C(Nc1ccc2cc(Br)ccc2c1)c1ccsc1. The van der Waals surface area contributed by atoms with Crippen LogP contribution in [0.5, 0.6) is 0 Å². The second kappa shape index (κ2) is 5.15. The van der Waals surface area contributed by atoms with E-state index in [-0.39, 0.29) is 5.91 Å². The summed E-state index contributed by atoms with van der Waals surface area (Å²) in [4.78, 5) is 12.0. The first kappa shape index (κ1) is 12.4. The monoisotopic (exact) mass is 331 g/mol. The zero-order chi connectivity index (χ0) is 13.2. The van der Waals surface area contributed by atoms with E-state index in [1.54, 1.807) is 0 Å². The van der Waals surface area contributed by atoms with Crippen LogP contribution in [0.3, 0.4) is 0 Å². The zero-order valence-corrected chi connectivity index (χ0v) is 12.3. The number of amides is 1. The average Bonchev–Trinajstić information content (AvgIpc) is 2.93. The maximum Gasteiger partial charge on any atom is 0.256 e. The maximum absolute atomic E-state index is 12.0. The lowest BCUT2D eigenvalue weighted by molar-refractivity contribution is 0.102. The van der Waals surface area contributed by atoms with E-state index < -0.39 is 0 Å². The van der Waals surface area contributed by atoms with Crippen LogP contribution in [0.25, 0.3) is 10.8 Å². The van der Waals surface area contributed by atoms with Crippen molar-refractivity contribution in [1.29, 1.82) is 0 Å². The number of carbonyl (C=O) groups excluding carboxylic acids is 1. The van der Waals surface area contributed by atoms with Gasteiger partial charge >= 0.3 is 0 Å². The van der Waals surface area contributed by atoms with Gasteiger partial charge in [-0.15, -0.1) is 0 Å². The molecular weight excluding hydrogens is 322 g/mol. The van der Waals surface area contributed by atoms with Gasteiger partial charge in [0.05, 0.1) is 5.56 Å². The number of hydrogen-bond acceptors (Lipinski definition) is 2. The van der Waals surface area contributed by atoms with E-state index >= 15 is 0 Å². The van der Waals surface area contributed by atoms with Crippen molar-refractivity contribution in [2.45, 2.75) is 0 Å². The number of hydrogen-bond donors (Lipinski definition) is 1. The van der Waals surface area contributed by atoms with Gasteiger partial charge in [0.2, 0.25) is 0 Å². The Labute approximate surface area is 123 Å². The van der Waals surface area contributed by atoms with Crippen molar-refractivity contribution in [3.05, 3.63) is 63.3 Å². The van der Waals surface area contributed by atoms with Crippen LogP contribution in [0.2, 0.25) is 0 Å². The molecular formula is C15H10BrNOS. The first-order chi connectivity index (χ1) is 9.22. The number of anilines is 1. The van der Waals surface area contributed by atoms with Gasteiger partial charge in [0.25, 0.3) is 5.91 Å². The predicted octanol–water partition coefficient (Wildman–Crippen LogP) is 4.92. The molecule has 0 spiro atoms. The van der Waals surface area contributed by atoms with Crippen LogP contribution in [0.15, 0.2) is 57.7 Å². The van der Waals surface area contributed by atoms with Gasteiger partial charge in [0, 0.05) is 15.5 Å². The van der Waals surface area contributed by atoms with Crippen molar-refractivity contribution in [3.8, 4) is 0 Å². The first-order valence-electron chi connectivity index (χ1n) is 5.75. The molecule has 2 aromatic carbocycles. The zero-order valence-electron chi connectivity index (χ0n) is 9.89. The van der Waals surface area contributed by atoms with E-state index in [4.69, 9.17) is 0 Å². The third-order valence-electron chi connectivity index (χ3n) is 2.84. The van der Waals surface area contributed by atoms with Crippen LogP contribution in [0, 0.1) is 0 Å². The molecule has 3 aromatic rings. The summed E-state index contributed by atoms with van der Waals surface area (Å²) in [5.74, 6) is -0.0716. The highest BCUT2D eigenvalue weighted by atomic mass is 79.9. The number of benzene rings is 2. The molecule has 4 heteroatoms. The van der Waals surface area contributed by atoms with Gasteiger partial charge < -0.3 is 5.32 Å². The Kier molecular flexibility index (Phi) is 3.36. The lowest BCUT2D eigenvalue weighted by atomic mass is 10.1. The summed E-state index contributed by atoms with van der Waals surface area (Å²) < 4.78 is 1.05. The minimum atomic E-state index is -0.0716. The van der Waals surface area contributed by atoms with Gasteiger partial charge in [-0.25, -0.2) is 0 Å². The molecule has 0 aliphatic rings. The number of carbonyl (C=O) groups is 1. The summed E-state index contributed by atoms with van der Waals surface area (Å²) in [6, 6.07) is 13.8. The van der Waals surface area contributed by atoms with Gasteiger partial charge in [-0.05, 0) is 46.5 Å². The van der Waals surface area contributed by atoms with Gasteiger partial charge in [-0.3, -0.25) is 4.79 Å². The van der Waals surface area contributed by atoms with E-state index in [1.807, 2.05) is 47.2 Å². The third kappa shape index (κ3) is 2.69. The Hall–Kier alpha value is -1.65. The van der Waals surface area contributed by atoms with Crippen LogP contribution >= 0.6 is 27.3 Å². The summed E-state index contributed by atoms with van der Waals surface area (Å²) >= 11 is 4.97. The van der Waals surface area contributed by atoms with Crippen LogP contribution in [0.1, 0.15) is 10.4 Å². The third-order valence-corrected chi connectivity index (χ3v) is 4.02. The summed E-state index contributed by atoms with van der Waals surface area (Å²) in [5.41, 5.74) is 1.51. The lowest BCUT2D eigenvalue weighted by Crippen LogP contribution is -2.10. The van der Waals surface area contributed by atoms with E-state index in [0.717, 1.165) is 20.9 Å². The van der Waals surface area contributed by atoms with E-state index in [0.29, 0.717) is 5.56 Å². The molecule has 0 aliphatic heterocycles. The lowest BCUT2D eigenvalue weighted by Gasteiger charge is -2.06. The van der Waals surface area contributed by atoms with Gasteiger partial charge in [0.1, 0.15) is 0 Å². The standard InChI is InChI=1S/C15H10BrNOS/c16-13-3-1-11-8-14(4-2-10(11)7-13)17-15(18)12-5-6-19-9-12/h1-9H,(H,17,18). The molecule has 1 N–H and O–H groups in total. The number of thiophene rings is 1. The van der Waals surface area contributed by atoms with Gasteiger partial charge in [-0.2, -0.15) is 11.3 Å². The molecule has 0 unspecified atom stereocenters. The smallest absolute Gasteiger partial charge is 0.256 e. The molecule has 1 aromatic heterocycles. The largest absolute Gasteiger partial charge is 0.322 e. The topological polar surface area (TPSA) is 29.1 Å². The fourth-order valence-electron chi connectivity index (χ4n) is 1.89. The molecule has 3 rings (SSSR count). The highest BCUT2D eigenvalue weighted by Crippen LogP contribution is 2.23. The molecule has 0 fully saturated rings. The Morgan fingerprint density at radius 2 is 1.84 bits per heavy atom. The average molecular weight is 332 g/mol. The molecule has 2 nitrogen and oxygen atoms in total. The van der Waals surface area contributed by atoms with Crippen molar-refractivity contribution in [1.82, 2.24) is 0 Å². The number of rotatable bonds is 2.